The van der Waals surface area contributed by atoms with Crippen molar-refractivity contribution in [2.75, 3.05) is 17.7 Å². The molecule has 3 aromatic rings. The SMILES string of the molecule is Nc1nc(-c2cc(Nc3ccc(Cl)cc3CF)ccc2O)ccc1CNC(=O)CO. The summed E-state index contributed by atoms with van der Waals surface area (Å²) in [5, 5.41) is 25.1. The molecule has 2 aromatic carbocycles. The number of carbonyl (C=O) groups is 1. The number of aliphatic hydroxyl groups is 1. The molecule has 0 fully saturated rings. The first-order valence-corrected chi connectivity index (χ1v) is 9.37. The number of nitrogens with two attached hydrogens (primary N) is 1. The molecule has 0 spiro atoms. The highest BCUT2D eigenvalue weighted by Gasteiger charge is 2.12. The molecule has 0 aliphatic heterocycles. The Labute approximate surface area is 177 Å². The van der Waals surface area contributed by atoms with Crippen molar-refractivity contribution in [1.82, 2.24) is 10.3 Å². The van der Waals surface area contributed by atoms with Gasteiger partial charge in [-0.2, -0.15) is 0 Å². The van der Waals surface area contributed by atoms with Gasteiger partial charge in [0.05, 0.1) is 5.69 Å². The van der Waals surface area contributed by atoms with Crippen LogP contribution >= 0.6 is 11.6 Å². The fourth-order valence-corrected chi connectivity index (χ4v) is 3.02. The highest BCUT2D eigenvalue weighted by Crippen LogP contribution is 2.33. The number of hydrogen-bond donors (Lipinski definition) is 5. The third-order valence-electron chi connectivity index (χ3n) is 4.39. The van der Waals surface area contributed by atoms with Crippen LogP contribution in [0.25, 0.3) is 11.3 Å². The second-order valence-corrected chi connectivity index (χ2v) is 6.90. The van der Waals surface area contributed by atoms with Crippen molar-refractivity contribution in [3.8, 4) is 17.0 Å². The molecule has 7 nitrogen and oxygen atoms in total. The number of alkyl halides is 1. The zero-order valence-electron chi connectivity index (χ0n) is 15.8. The Kier molecular flexibility index (Phi) is 6.71. The summed E-state index contributed by atoms with van der Waals surface area (Å²) in [6.07, 6.45) is 0. The average molecular weight is 431 g/mol. The van der Waals surface area contributed by atoms with Gasteiger partial charge in [0.25, 0.3) is 0 Å². The normalized spacial score (nSPS) is 10.6. The van der Waals surface area contributed by atoms with Crippen LogP contribution in [0.3, 0.4) is 0 Å². The molecule has 0 aliphatic rings. The maximum atomic E-state index is 13.3. The van der Waals surface area contributed by atoms with E-state index in [1.54, 1.807) is 42.5 Å². The van der Waals surface area contributed by atoms with E-state index < -0.39 is 19.2 Å². The first kappa shape index (κ1) is 21.4. The summed E-state index contributed by atoms with van der Waals surface area (Å²) in [4.78, 5) is 15.5. The topological polar surface area (TPSA) is 121 Å². The van der Waals surface area contributed by atoms with Crippen LogP contribution in [0.15, 0.2) is 48.5 Å². The summed E-state index contributed by atoms with van der Waals surface area (Å²) in [6.45, 7) is -1.17. The zero-order chi connectivity index (χ0) is 21.7. The van der Waals surface area contributed by atoms with Crippen LogP contribution < -0.4 is 16.4 Å². The van der Waals surface area contributed by atoms with Gasteiger partial charge in [-0.15, -0.1) is 0 Å². The van der Waals surface area contributed by atoms with Gasteiger partial charge in [-0.1, -0.05) is 17.7 Å². The lowest BCUT2D eigenvalue weighted by molar-refractivity contribution is -0.123. The van der Waals surface area contributed by atoms with Gasteiger partial charge >= 0.3 is 0 Å². The molecule has 0 atom stereocenters. The minimum absolute atomic E-state index is 0.00407. The summed E-state index contributed by atoms with van der Waals surface area (Å²) in [6, 6.07) is 13.0. The first-order chi connectivity index (χ1) is 14.4. The molecular weight excluding hydrogens is 411 g/mol. The number of rotatable bonds is 7. The minimum Gasteiger partial charge on any atom is -0.507 e. The summed E-state index contributed by atoms with van der Waals surface area (Å²) >= 11 is 5.92. The van der Waals surface area contributed by atoms with E-state index in [9.17, 15) is 14.3 Å². The summed E-state index contributed by atoms with van der Waals surface area (Å²) in [7, 11) is 0. The number of nitrogen functional groups attached to an aromatic ring is 1. The van der Waals surface area contributed by atoms with E-state index >= 15 is 0 Å². The fraction of sp³-hybridized carbons (Fsp3) is 0.143. The molecule has 1 amide bonds. The molecule has 1 heterocycles. The number of pyridine rings is 1. The second kappa shape index (κ2) is 9.43. The summed E-state index contributed by atoms with van der Waals surface area (Å²) in [5.74, 6) is -0.346. The Hall–Kier alpha value is -3.36. The molecule has 156 valence electrons. The van der Waals surface area contributed by atoms with E-state index in [1.807, 2.05) is 0 Å². The Morgan fingerprint density at radius 3 is 2.63 bits per heavy atom. The van der Waals surface area contributed by atoms with E-state index in [4.69, 9.17) is 22.4 Å². The quantitative estimate of drug-likeness (QED) is 0.366. The maximum Gasteiger partial charge on any atom is 0.245 e. The monoisotopic (exact) mass is 430 g/mol. The largest absolute Gasteiger partial charge is 0.507 e. The molecule has 1 aromatic heterocycles. The van der Waals surface area contributed by atoms with Crippen molar-refractivity contribution >= 4 is 34.7 Å². The van der Waals surface area contributed by atoms with Crippen molar-refractivity contribution in [2.24, 2.45) is 0 Å². The predicted octanol–water partition coefficient (Wildman–Crippen LogP) is 3.51. The number of aromatic nitrogens is 1. The van der Waals surface area contributed by atoms with Crippen LogP contribution in [0.1, 0.15) is 11.1 Å². The molecule has 0 bridgehead atoms. The number of phenols is 1. The minimum atomic E-state index is -0.680. The number of nitrogens with one attached hydrogen (secondary N) is 2. The average Bonchev–Trinajstić information content (AvgIpc) is 2.75. The Bertz CT molecular complexity index is 1080. The number of nitrogens with zero attached hydrogens (tertiary/aromatic N) is 1. The predicted molar refractivity (Wildman–Crippen MR) is 114 cm³/mol. The van der Waals surface area contributed by atoms with Gasteiger partial charge in [-0.3, -0.25) is 4.79 Å². The van der Waals surface area contributed by atoms with E-state index in [0.717, 1.165) is 0 Å². The fourth-order valence-electron chi connectivity index (χ4n) is 2.82. The molecule has 0 saturated heterocycles. The molecule has 0 saturated carbocycles. The molecule has 0 aliphatic carbocycles. The number of anilines is 3. The number of carbonyl (C=O) groups excluding carboxylic acids is 1. The van der Waals surface area contributed by atoms with Gasteiger partial charge < -0.3 is 26.6 Å². The number of phenolic OH excluding ortho intramolecular Hbond substituents is 1. The van der Waals surface area contributed by atoms with Crippen LogP contribution in [-0.2, 0) is 18.0 Å². The highest BCUT2D eigenvalue weighted by atomic mass is 35.5. The van der Waals surface area contributed by atoms with Crippen LogP contribution in [0.4, 0.5) is 21.6 Å². The molecule has 9 heteroatoms. The van der Waals surface area contributed by atoms with E-state index in [0.29, 0.717) is 38.8 Å². The lowest BCUT2D eigenvalue weighted by atomic mass is 10.1. The highest BCUT2D eigenvalue weighted by molar-refractivity contribution is 6.30. The maximum absolute atomic E-state index is 13.3. The Balaban J connectivity index is 1.87. The van der Waals surface area contributed by atoms with E-state index in [2.05, 4.69) is 15.6 Å². The molecule has 0 radical (unpaired) electrons. The smallest absolute Gasteiger partial charge is 0.245 e. The lowest BCUT2D eigenvalue weighted by Gasteiger charge is -2.13. The standard InChI is InChI=1S/C21H20ClFN4O3/c22-14-2-5-17(13(7-14)9-23)26-15-3-6-19(29)16(8-15)18-4-1-12(21(24)27-18)10-25-20(30)11-28/h1-8,26,28-29H,9-11H2,(H2,24,27)(H,25,30). The van der Waals surface area contributed by atoms with Crippen molar-refractivity contribution in [3.05, 3.63) is 64.7 Å². The van der Waals surface area contributed by atoms with Crippen LogP contribution in [0.2, 0.25) is 5.02 Å². The lowest BCUT2D eigenvalue weighted by Crippen LogP contribution is -2.26. The second-order valence-electron chi connectivity index (χ2n) is 6.47. The van der Waals surface area contributed by atoms with Gasteiger partial charge in [-0.05, 0) is 42.5 Å². The molecular formula is C21H20ClFN4O3. The van der Waals surface area contributed by atoms with Gasteiger partial charge in [0, 0.05) is 39.6 Å². The zero-order valence-corrected chi connectivity index (χ0v) is 16.6. The van der Waals surface area contributed by atoms with Gasteiger partial charge in [0.1, 0.15) is 24.8 Å². The Morgan fingerprint density at radius 2 is 1.93 bits per heavy atom. The van der Waals surface area contributed by atoms with Crippen LogP contribution in [-0.4, -0.2) is 27.7 Å². The Morgan fingerprint density at radius 1 is 1.13 bits per heavy atom. The number of benzene rings is 2. The van der Waals surface area contributed by atoms with Crippen LogP contribution in [0, 0.1) is 0 Å². The van der Waals surface area contributed by atoms with E-state index in [-0.39, 0.29) is 18.1 Å². The van der Waals surface area contributed by atoms with E-state index in [1.165, 1.54) is 6.07 Å². The summed E-state index contributed by atoms with van der Waals surface area (Å²) in [5.41, 5.74) is 8.97. The third-order valence-corrected chi connectivity index (χ3v) is 4.63. The number of amides is 1. The van der Waals surface area contributed by atoms with Gasteiger partial charge in [0.15, 0.2) is 0 Å². The first-order valence-electron chi connectivity index (χ1n) is 8.99. The van der Waals surface area contributed by atoms with Crippen LogP contribution in [0.5, 0.6) is 5.75 Å². The molecule has 0 unspecified atom stereocenters. The number of aromatic hydroxyl groups is 1. The van der Waals surface area contributed by atoms with Gasteiger partial charge in [0.2, 0.25) is 5.91 Å². The number of aliphatic hydroxyl groups excluding tert-OH is 1. The number of halogens is 2. The van der Waals surface area contributed by atoms with Crippen molar-refractivity contribution in [1.29, 1.82) is 0 Å². The number of hydrogen-bond acceptors (Lipinski definition) is 6. The van der Waals surface area contributed by atoms with Crippen molar-refractivity contribution in [2.45, 2.75) is 13.2 Å². The molecule has 30 heavy (non-hydrogen) atoms. The third kappa shape index (κ3) is 4.97. The van der Waals surface area contributed by atoms with Gasteiger partial charge in [-0.25, -0.2) is 9.37 Å². The molecule has 3 rings (SSSR count). The van der Waals surface area contributed by atoms with Crippen molar-refractivity contribution in [3.63, 3.8) is 0 Å². The molecule has 6 N–H and O–H groups in total. The summed E-state index contributed by atoms with van der Waals surface area (Å²) < 4.78 is 13.3. The van der Waals surface area contributed by atoms with Crippen molar-refractivity contribution < 1.29 is 19.4 Å².